The van der Waals surface area contributed by atoms with E-state index in [1.54, 1.807) is 0 Å². The van der Waals surface area contributed by atoms with Gasteiger partial charge < -0.3 is 10.0 Å². The van der Waals surface area contributed by atoms with Gasteiger partial charge in [0, 0.05) is 6.04 Å². The van der Waals surface area contributed by atoms with Crippen LogP contribution in [0.5, 0.6) is 0 Å². The zero-order valence-corrected chi connectivity index (χ0v) is 15.2. The van der Waals surface area contributed by atoms with Gasteiger partial charge in [-0.15, -0.1) is 12.4 Å². The molecular weight excluding hydrogens is 318 g/mol. The van der Waals surface area contributed by atoms with E-state index >= 15 is 0 Å². The fourth-order valence-electron chi connectivity index (χ4n) is 3.75. The summed E-state index contributed by atoms with van der Waals surface area (Å²) >= 11 is 0. The minimum Gasteiger partial charge on any atom is -0.380 e. The van der Waals surface area contributed by atoms with E-state index in [0.717, 1.165) is 30.6 Å². The van der Waals surface area contributed by atoms with Gasteiger partial charge in [0.15, 0.2) is 0 Å². The molecule has 3 rings (SSSR count). The Hall–Kier alpha value is -1.35. The van der Waals surface area contributed by atoms with E-state index in [-0.39, 0.29) is 12.4 Å². The summed E-state index contributed by atoms with van der Waals surface area (Å²) in [6, 6.07) is 20.6. The summed E-state index contributed by atoms with van der Waals surface area (Å²) in [6.45, 7) is 4.56. The van der Waals surface area contributed by atoms with Crippen LogP contribution in [0.25, 0.3) is 0 Å². The fourth-order valence-corrected chi connectivity index (χ4v) is 3.75. The molecule has 3 heteroatoms. The predicted molar refractivity (Wildman–Crippen MR) is 103 cm³/mol. The highest BCUT2D eigenvalue weighted by Gasteiger charge is 2.34. The summed E-state index contributed by atoms with van der Waals surface area (Å²) in [6.07, 6.45) is 4.62. The van der Waals surface area contributed by atoms with Gasteiger partial charge >= 0.3 is 0 Å². The summed E-state index contributed by atoms with van der Waals surface area (Å²) < 4.78 is 0. The third-order valence-electron chi connectivity index (χ3n) is 5.11. The van der Waals surface area contributed by atoms with Crippen LogP contribution in [-0.2, 0) is 5.60 Å². The topological polar surface area (TPSA) is 23.5 Å². The Bertz CT molecular complexity index is 556. The van der Waals surface area contributed by atoms with Crippen LogP contribution in [-0.4, -0.2) is 29.1 Å². The normalized spacial score (nSPS) is 17.1. The number of rotatable bonds is 5. The third-order valence-corrected chi connectivity index (χ3v) is 5.11. The lowest BCUT2D eigenvalue weighted by Gasteiger charge is -2.38. The summed E-state index contributed by atoms with van der Waals surface area (Å²) in [5, 5.41) is 11.6. The maximum atomic E-state index is 11.6. The summed E-state index contributed by atoms with van der Waals surface area (Å²) in [5.41, 5.74) is 1.03. The Kier molecular flexibility index (Phi) is 6.85. The van der Waals surface area contributed by atoms with Gasteiger partial charge in [0.1, 0.15) is 5.60 Å². The number of halogens is 1. The molecule has 1 N–H and O–H groups in total. The van der Waals surface area contributed by atoms with Gasteiger partial charge in [-0.2, -0.15) is 0 Å². The molecule has 1 atom stereocenters. The molecule has 2 aromatic rings. The minimum absolute atomic E-state index is 0. The minimum atomic E-state index is -0.931. The van der Waals surface area contributed by atoms with E-state index in [9.17, 15) is 5.11 Å². The zero-order chi connectivity index (χ0) is 16.1. The molecule has 130 valence electrons. The van der Waals surface area contributed by atoms with Crippen molar-refractivity contribution in [3.8, 4) is 0 Å². The Morgan fingerprint density at radius 3 is 1.79 bits per heavy atom. The second-order valence-corrected chi connectivity index (χ2v) is 6.74. The molecule has 2 aromatic carbocycles. The monoisotopic (exact) mass is 345 g/mol. The van der Waals surface area contributed by atoms with Gasteiger partial charge in [-0.25, -0.2) is 0 Å². The lowest BCUT2D eigenvalue weighted by molar-refractivity contribution is 0.0322. The van der Waals surface area contributed by atoms with Crippen molar-refractivity contribution in [3.63, 3.8) is 0 Å². The molecule has 1 fully saturated rings. The molecule has 0 aliphatic carbocycles. The molecule has 1 saturated heterocycles. The third kappa shape index (κ3) is 4.18. The molecule has 0 spiro atoms. The molecular formula is C21H28ClNO. The van der Waals surface area contributed by atoms with Gasteiger partial charge in [-0.1, -0.05) is 67.1 Å². The summed E-state index contributed by atoms with van der Waals surface area (Å²) in [5.74, 6) is 0. The SMILES string of the molecule is CC(CC(O)(c1ccccc1)c1ccccc1)N1CCCCC1.Cl. The van der Waals surface area contributed by atoms with E-state index in [4.69, 9.17) is 0 Å². The van der Waals surface area contributed by atoms with Crippen LogP contribution in [0, 0.1) is 0 Å². The van der Waals surface area contributed by atoms with E-state index in [1.165, 1.54) is 19.3 Å². The molecule has 0 saturated carbocycles. The number of piperidine rings is 1. The van der Waals surface area contributed by atoms with Gasteiger partial charge in [-0.3, -0.25) is 0 Å². The Morgan fingerprint density at radius 1 is 0.875 bits per heavy atom. The van der Waals surface area contributed by atoms with Crippen molar-refractivity contribution in [2.75, 3.05) is 13.1 Å². The standard InChI is InChI=1S/C21H27NO.ClH/c1-18(22-15-9-4-10-16-22)17-21(23,19-11-5-2-6-12-19)20-13-7-3-8-14-20;/h2-3,5-8,11-14,18,23H,4,9-10,15-17H2,1H3;1H. The maximum Gasteiger partial charge on any atom is 0.116 e. The molecule has 1 aliphatic heterocycles. The van der Waals surface area contributed by atoms with Crippen molar-refractivity contribution < 1.29 is 5.11 Å². The van der Waals surface area contributed by atoms with E-state index < -0.39 is 5.60 Å². The Balaban J connectivity index is 0.00000208. The largest absolute Gasteiger partial charge is 0.380 e. The number of benzene rings is 2. The summed E-state index contributed by atoms with van der Waals surface area (Å²) in [4.78, 5) is 2.53. The van der Waals surface area contributed by atoms with Gasteiger partial charge in [0.25, 0.3) is 0 Å². The average Bonchev–Trinajstić information content (AvgIpc) is 2.64. The first-order chi connectivity index (χ1) is 11.2. The molecule has 1 heterocycles. The fraction of sp³-hybridized carbons (Fsp3) is 0.429. The van der Waals surface area contributed by atoms with Gasteiger partial charge in [-0.05, 0) is 50.4 Å². The molecule has 2 nitrogen and oxygen atoms in total. The molecule has 0 aromatic heterocycles. The van der Waals surface area contributed by atoms with Crippen LogP contribution in [0.2, 0.25) is 0 Å². The molecule has 24 heavy (non-hydrogen) atoms. The Morgan fingerprint density at radius 2 is 1.33 bits per heavy atom. The number of aliphatic hydroxyl groups is 1. The van der Waals surface area contributed by atoms with E-state index in [1.807, 2.05) is 60.7 Å². The highest BCUT2D eigenvalue weighted by atomic mass is 35.5. The van der Waals surface area contributed by atoms with Crippen molar-refractivity contribution >= 4 is 12.4 Å². The lowest BCUT2D eigenvalue weighted by atomic mass is 9.81. The number of hydrogen-bond donors (Lipinski definition) is 1. The van der Waals surface area contributed by atoms with E-state index in [2.05, 4.69) is 11.8 Å². The second kappa shape index (κ2) is 8.66. The van der Waals surface area contributed by atoms with Crippen molar-refractivity contribution in [2.24, 2.45) is 0 Å². The van der Waals surface area contributed by atoms with Crippen LogP contribution in [0.1, 0.15) is 43.7 Å². The van der Waals surface area contributed by atoms with Gasteiger partial charge in [0.05, 0.1) is 0 Å². The first kappa shape index (κ1) is 19.0. The van der Waals surface area contributed by atoms with Crippen LogP contribution in [0.3, 0.4) is 0 Å². The maximum absolute atomic E-state index is 11.6. The van der Waals surface area contributed by atoms with Crippen molar-refractivity contribution in [1.29, 1.82) is 0 Å². The molecule has 1 unspecified atom stereocenters. The first-order valence-electron chi connectivity index (χ1n) is 8.77. The van der Waals surface area contributed by atoms with Crippen molar-refractivity contribution in [1.82, 2.24) is 4.90 Å². The highest BCUT2D eigenvalue weighted by molar-refractivity contribution is 5.85. The quantitative estimate of drug-likeness (QED) is 0.855. The number of nitrogens with zero attached hydrogens (tertiary/aromatic N) is 1. The highest BCUT2D eigenvalue weighted by Crippen LogP contribution is 2.35. The van der Waals surface area contributed by atoms with Crippen LogP contribution < -0.4 is 0 Å². The first-order valence-corrected chi connectivity index (χ1v) is 8.77. The molecule has 1 aliphatic rings. The van der Waals surface area contributed by atoms with E-state index in [0.29, 0.717) is 6.04 Å². The predicted octanol–water partition coefficient (Wildman–Crippen LogP) is 4.61. The smallest absolute Gasteiger partial charge is 0.116 e. The van der Waals surface area contributed by atoms with Crippen LogP contribution >= 0.6 is 12.4 Å². The summed E-state index contributed by atoms with van der Waals surface area (Å²) in [7, 11) is 0. The Labute approximate surface area is 151 Å². The van der Waals surface area contributed by atoms with Crippen molar-refractivity contribution in [3.05, 3.63) is 71.8 Å². The van der Waals surface area contributed by atoms with Gasteiger partial charge in [0.2, 0.25) is 0 Å². The molecule has 0 radical (unpaired) electrons. The van der Waals surface area contributed by atoms with Crippen LogP contribution in [0.4, 0.5) is 0 Å². The number of likely N-dealkylation sites (tertiary alicyclic amines) is 1. The zero-order valence-electron chi connectivity index (χ0n) is 14.4. The van der Waals surface area contributed by atoms with Crippen LogP contribution in [0.15, 0.2) is 60.7 Å². The number of hydrogen-bond acceptors (Lipinski definition) is 2. The molecule has 0 bridgehead atoms. The second-order valence-electron chi connectivity index (χ2n) is 6.74. The lowest BCUT2D eigenvalue weighted by Crippen LogP contribution is -2.42. The molecule has 0 amide bonds. The van der Waals surface area contributed by atoms with Crippen molar-refractivity contribution in [2.45, 2.75) is 44.2 Å². The average molecular weight is 346 g/mol.